The van der Waals surface area contributed by atoms with Gasteiger partial charge in [-0.3, -0.25) is 14.7 Å². The molecule has 0 spiro atoms. The second-order valence-corrected chi connectivity index (χ2v) is 4.96. The van der Waals surface area contributed by atoms with Crippen LogP contribution in [0.1, 0.15) is 16.1 Å². The zero-order valence-electron chi connectivity index (χ0n) is 10.5. The standard InChI is InChI=1S/C13H13BrN4O2/c14-10-3-1-9(2-4-10)13(20)16-8-12(19)15-7-11-5-6-17-18-11/h1-6H,7-8H2,(H,15,19)(H,16,20)(H,17,18). The van der Waals surface area contributed by atoms with E-state index < -0.39 is 0 Å². The molecule has 20 heavy (non-hydrogen) atoms. The van der Waals surface area contributed by atoms with Crippen molar-refractivity contribution in [1.29, 1.82) is 0 Å². The zero-order valence-corrected chi connectivity index (χ0v) is 12.1. The lowest BCUT2D eigenvalue weighted by Gasteiger charge is -2.06. The molecule has 104 valence electrons. The lowest BCUT2D eigenvalue weighted by molar-refractivity contribution is -0.120. The van der Waals surface area contributed by atoms with Crippen molar-refractivity contribution in [1.82, 2.24) is 20.8 Å². The molecule has 1 heterocycles. The topological polar surface area (TPSA) is 86.9 Å². The lowest BCUT2D eigenvalue weighted by Crippen LogP contribution is -2.36. The number of H-pyrrole nitrogens is 1. The molecule has 0 atom stereocenters. The summed E-state index contributed by atoms with van der Waals surface area (Å²) in [5.74, 6) is -0.542. The summed E-state index contributed by atoms with van der Waals surface area (Å²) in [5.41, 5.74) is 1.31. The van der Waals surface area contributed by atoms with Gasteiger partial charge in [-0.25, -0.2) is 0 Å². The van der Waals surface area contributed by atoms with Crippen molar-refractivity contribution >= 4 is 27.7 Å². The number of rotatable bonds is 5. The predicted molar refractivity (Wildman–Crippen MR) is 76.9 cm³/mol. The number of benzene rings is 1. The molecule has 0 aliphatic rings. The fourth-order valence-electron chi connectivity index (χ4n) is 1.50. The zero-order chi connectivity index (χ0) is 14.4. The maximum Gasteiger partial charge on any atom is 0.251 e. The molecule has 2 rings (SSSR count). The van der Waals surface area contributed by atoms with Crippen molar-refractivity contribution in [2.45, 2.75) is 6.54 Å². The van der Waals surface area contributed by atoms with Crippen molar-refractivity contribution in [2.75, 3.05) is 6.54 Å². The summed E-state index contributed by atoms with van der Waals surface area (Å²) in [5, 5.41) is 11.7. The Labute approximate surface area is 124 Å². The van der Waals surface area contributed by atoms with E-state index in [2.05, 4.69) is 36.8 Å². The Bertz CT molecular complexity index is 581. The fraction of sp³-hybridized carbons (Fsp3) is 0.154. The molecule has 0 aliphatic heterocycles. The highest BCUT2D eigenvalue weighted by Gasteiger charge is 2.07. The number of carbonyl (C=O) groups is 2. The van der Waals surface area contributed by atoms with Gasteiger partial charge in [0.15, 0.2) is 0 Å². The number of hydrogen-bond donors (Lipinski definition) is 3. The molecule has 0 radical (unpaired) electrons. The van der Waals surface area contributed by atoms with E-state index in [1.54, 1.807) is 36.5 Å². The Kier molecular flexibility index (Phi) is 4.89. The van der Waals surface area contributed by atoms with Crippen LogP contribution in [0, 0.1) is 0 Å². The van der Waals surface area contributed by atoms with Gasteiger partial charge in [-0.15, -0.1) is 0 Å². The number of amides is 2. The molecular weight excluding hydrogens is 324 g/mol. The highest BCUT2D eigenvalue weighted by molar-refractivity contribution is 9.10. The Balaban J connectivity index is 1.75. The molecule has 2 amide bonds. The molecule has 3 N–H and O–H groups in total. The van der Waals surface area contributed by atoms with Gasteiger partial charge in [0.05, 0.1) is 18.8 Å². The van der Waals surface area contributed by atoms with Gasteiger partial charge in [-0.2, -0.15) is 5.10 Å². The molecule has 1 aromatic heterocycles. The molecule has 1 aromatic carbocycles. The summed E-state index contributed by atoms with van der Waals surface area (Å²) in [6.45, 7) is 0.288. The highest BCUT2D eigenvalue weighted by atomic mass is 79.9. The van der Waals surface area contributed by atoms with Crippen molar-refractivity contribution in [2.24, 2.45) is 0 Å². The van der Waals surface area contributed by atoms with Crippen LogP contribution in [0.2, 0.25) is 0 Å². The first-order valence-electron chi connectivity index (χ1n) is 5.94. The third-order valence-electron chi connectivity index (χ3n) is 2.55. The molecule has 0 bridgehead atoms. The van der Waals surface area contributed by atoms with Crippen LogP contribution in [-0.2, 0) is 11.3 Å². The minimum atomic E-state index is -0.283. The van der Waals surface area contributed by atoms with E-state index in [1.807, 2.05) is 0 Å². The number of hydrogen-bond acceptors (Lipinski definition) is 3. The molecular formula is C13H13BrN4O2. The fourth-order valence-corrected chi connectivity index (χ4v) is 1.77. The molecule has 0 unspecified atom stereocenters. The van der Waals surface area contributed by atoms with E-state index in [0.29, 0.717) is 12.1 Å². The Morgan fingerprint density at radius 1 is 1.15 bits per heavy atom. The number of halogens is 1. The van der Waals surface area contributed by atoms with Crippen molar-refractivity contribution in [3.05, 3.63) is 52.3 Å². The van der Waals surface area contributed by atoms with Crippen LogP contribution in [0.25, 0.3) is 0 Å². The summed E-state index contributed by atoms with van der Waals surface area (Å²) in [4.78, 5) is 23.3. The van der Waals surface area contributed by atoms with E-state index in [0.717, 1.165) is 10.2 Å². The van der Waals surface area contributed by atoms with Gasteiger partial charge in [0.2, 0.25) is 5.91 Å². The maximum atomic E-state index is 11.8. The van der Waals surface area contributed by atoms with E-state index in [4.69, 9.17) is 0 Å². The third-order valence-corrected chi connectivity index (χ3v) is 3.08. The van der Waals surface area contributed by atoms with Crippen LogP contribution in [0.15, 0.2) is 41.0 Å². The normalized spacial score (nSPS) is 10.1. The van der Waals surface area contributed by atoms with Crippen LogP contribution in [0.4, 0.5) is 0 Å². The second-order valence-electron chi connectivity index (χ2n) is 4.05. The van der Waals surface area contributed by atoms with Gasteiger partial charge in [0.25, 0.3) is 5.91 Å². The van der Waals surface area contributed by atoms with Gasteiger partial charge < -0.3 is 10.6 Å². The minimum absolute atomic E-state index is 0.0664. The summed E-state index contributed by atoms with van der Waals surface area (Å²) in [7, 11) is 0. The van der Waals surface area contributed by atoms with Gasteiger partial charge in [0, 0.05) is 16.2 Å². The van der Waals surface area contributed by atoms with Crippen molar-refractivity contribution in [3.63, 3.8) is 0 Å². The molecule has 6 nitrogen and oxygen atoms in total. The van der Waals surface area contributed by atoms with Gasteiger partial charge in [-0.1, -0.05) is 15.9 Å². The van der Waals surface area contributed by atoms with E-state index in [-0.39, 0.29) is 18.4 Å². The van der Waals surface area contributed by atoms with Gasteiger partial charge >= 0.3 is 0 Å². The molecule has 2 aromatic rings. The van der Waals surface area contributed by atoms with E-state index in [9.17, 15) is 9.59 Å². The maximum absolute atomic E-state index is 11.8. The highest BCUT2D eigenvalue weighted by Crippen LogP contribution is 2.10. The van der Waals surface area contributed by atoms with Crippen molar-refractivity contribution < 1.29 is 9.59 Å². The molecule has 0 saturated carbocycles. The Morgan fingerprint density at radius 3 is 2.55 bits per heavy atom. The Hall–Kier alpha value is -2.15. The first-order chi connectivity index (χ1) is 9.65. The summed E-state index contributed by atoms with van der Waals surface area (Å²) in [6.07, 6.45) is 1.61. The molecule has 0 saturated heterocycles. The number of nitrogens with zero attached hydrogens (tertiary/aromatic N) is 1. The average Bonchev–Trinajstić information content (AvgIpc) is 2.96. The number of aromatic amines is 1. The predicted octanol–water partition coefficient (Wildman–Crippen LogP) is 1.22. The largest absolute Gasteiger partial charge is 0.349 e. The quantitative estimate of drug-likeness (QED) is 0.767. The van der Waals surface area contributed by atoms with Crippen molar-refractivity contribution in [3.8, 4) is 0 Å². The first-order valence-corrected chi connectivity index (χ1v) is 6.73. The number of carbonyl (C=O) groups excluding carboxylic acids is 2. The summed E-state index contributed by atoms with van der Waals surface area (Å²) < 4.78 is 0.895. The van der Waals surface area contributed by atoms with E-state index >= 15 is 0 Å². The molecule has 0 fully saturated rings. The van der Waals surface area contributed by atoms with Crippen LogP contribution >= 0.6 is 15.9 Å². The lowest BCUT2D eigenvalue weighted by atomic mass is 10.2. The van der Waals surface area contributed by atoms with Crippen LogP contribution < -0.4 is 10.6 Å². The van der Waals surface area contributed by atoms with Gasteiger partial charge in [0.1, 0.15) is 0 Å². The SMILES string of the molecule is O=C(CNC(=O)c1ccc(Br)cc1)NCc1ccn[nH]1. The first kappa shape index (κ1) is 14.3. The molecule has 0 aliphatic carbocycles. The monoisotopic (exact) mass is 336 g/mol. The van der Waals surface area contributed by atoms with Crippen LogP contribution in [0.5, 0.6) is 0 Å². The van der Waals surface area contributed by atoms with E-state index in [1.165, 1.54) is 0 Å². The van der Waals surface area contributed by atoms with Crippen LogP contribution in [0.3, 0.4) is 0 Å². The number of nitrogens with one attached hydrogen (secondary N) is 3. The van der Waals surface area contributed by atoms with Gasteiger partial charge in [-0.05, 0) is 30.3 Å². The second kappa shape index (κ2) is 6.85. The van der Waals surface area contributed by atoms with Crippen LogP contribution in [-0.4, -0.2) is 28.6 Å². The number of aromatic nitrogens is 2. The third kappa shape index (κ3) is 4.20. The summed E-state index contributed by atoms with van der Waals surface area (Å²) in [6, 6.07) is 8.67. The molecule has 7 heteroatoms. The Morgan fingerprint density at radius 2 is 1.90 bits per heavy atom. The smallest absolute Gasteiger partial charge is 0.251 e. The average molecular weight is 337 g/mol. The minimum Gasteiger partial charge on any atom is -0.349 e. The summed E-state index contributed by atoms with van der Waals surface area (Å²) >= 11 is 3.29.